The zero-order valence-corrected chi connectivity index (χ0v) is 13.9. The van der Waals surface area contributed by atoms with Gasteiger partial charge in [0.25, 0.3) is 0 Å². The Hall–Kier alpha value is -0.910. The molecule has 0 aliphatic carbocycles. The van der Waals surface area contributed by atoms with Crippen molar-refractivity contribution < 1.29 is 12.7 Å². The Balaban J connectivity index is 3.79. The molecule has 0 radical (unpaired) electrons. The molecule has 0 amide bonds. The van der Waals surface area contributed by atoms with Gasteiger partial charge in [-0.2, -0.15) is 18.6 Å². The van der Waals surface area contributed by atoms with E-state index in [-0.39, 0.29) is 16.7 Å². The predicted octanol–water partition coefficient (Wildman–Crippen LogP) is 3.64. The maximum Gasteiger partial charge on any atom is 0.312 e. The van der Waals surface area contributed by atoms with Crippen LogP contribution in [-0.2, 0) is 14.4 Å². The summed E-state index contributed by atoms with van der Waals surface area (Å²) in [5.74, 6) is 5.59. The Morgan fingerprint density at radius 2 is 1.40 bits per heavy atom. The average molecular weight is 299 g/mol. The van der Waals surface area contributed by atoms with Gasteiger partial charge in [-0.1, -0.05) is 47.6 Å². The number of hydrogen-bond donors (Lipinski definition) is 1. The lowest BCUT2D eigenvalue weighted by atomic mass is 9.83. The summed E-state index contributed by atoms with van der Waals surface area (Å²) in [7, 11) is -3.89. The molecule has 0 saturated heterocycles. The number of rotatable bonds is 5. The van der Waals surface area contributed by atoms with Crippen molar-refractivity contribution in [1.29, 1.82) is 0 Å². The van der Waals surface area contributed by atoms with Crippen LogP contribution in [0.2, 0.25) is 0 Å². The van der Waals surface area contributed by atoms with E-state index in [0.29, 0.717) is 5.92 Å². The van der Waals surface area contributed by atoms with Crippen molar-refractivity contribution in [3.05, 3.63) is 28.8 Å². The molecule has 1 rings (SSSR count). The summed E-state index contributed by atoms with van der Waals surface area (Å²) >= 11 is 0. The second-order valence-electron chi connectivity index (χ2n) is 5.99. The third-order valence-corrected chi connectivity index (χ3v) is 4.60. The smallest absolute Gasteiger partial charge is 0.197 e. The highest BCUT2D eigenvalue weighted by molar-refractivity contribution is 7.86. The topological polar surface area (TPSA) is 69.4 Å². The molecule has 4 nitrogen and oxygen atoms in total. The van der Waals surface area contributed by atoms with Gasteiger partial charge in [0.1, 0.15) is 0 Å². The summed E-state index contributed by atoms with van der Waals surface area (Å²) < 4.78 is 28.3. The highest BCUT2D eigenvalue weighted by atomic mass is 32.2. The molecule has 0 aromatic heterocycles. The normalized spacial score (nSPS) is 12.7. The van der Waals surface area contributed by atoms with E-state index in [0.717, 1.165) is 11.1 Å². The minimum absolute atomic E-state index is 0.0750. The molecule has 0 saturated carbocycles. The number of nitrogens with two attached hydrogens (primary N) is 1. The molecule has 0 unspecified atom stereocenters. The van der Waals surface area contributed by atoms with Gasteiger partial charge in [0.15, 0.2) is 0 Å². The van der Waals surface area contributed by atoms with Crippen molar-refractivity contribution in [2.24, 2.45) is 5.90 Å². The molecule has 0 fully saturated rings. The van der Waals surface area contributed by atoms with Crippen molar-refractivity contribution in [3.8, 4) is 0 Å². The molecular weight excluding hydrogens is 274 g/mol. The Morgan fingerprint density at radius 1 is 0.900 bits per heavy atom. The first-order valence-electron chi connectivity index (χ1n) is 6.93. The van der Waals surface area contributed by atoms with Gasteiger partial charge in [-0.25, -0.2) is 0 Å². The average Bonchev–Trinajstić information content (AvgIpc) is 2.36. The molecule has 0 atom stereocenters. The number of benzene rings is 1. The molecule has 0 aliphatic rings. The van der Waals surface area contributed by atoms with Gasteiger partial charge in [0.2, 0.25) is 0 Å². The van der Waals surface area contributed by atoms with Crippen LogP contribution >= 0.6 is 0 Å². The van der Waals surface area contributed by atoms with E-state index in [1.165, 1.54) is 5.56 Å². The molecule has 0 spiro atoms. The highest BCUT2D eigenvalue weighted by Gasteiger charge is 2.26. The van der Waals surface area contributed by atoms with Crippen LogP contribution in [0, 0.1) is 0 Å². The van der Waals surface area contributed by atoms with Gasteiger partial charge in [-0.3, -0.25) is 0 Å². The summed E-state index contributed by atoms with van der Waals surface area (Å²) in [6.45, 7) is 12.3. The van der Waals surface area contributed by atoms with Gasteiger partial charge in [-0.05, 0) is 40.5 Å². The van der Waals surface area contributed by atoms with Crippen molar-refractivity contribution >= 4 is 10.1 Å². The van der Waals surface area contributed by atoms with Crippen LogP contribution in [0.15, 0.2) is 17.0 Å². The molecule has 0 aliphatic heterocycles. The minimum Gasteiger partial charge on any atom is -0.197 e. The molecule has 0 heterocycles. The monoisotopic (exact) mass is 299 g/mol. The summed E-state index contributed by atoms with van der Waals surface area (Å²) in [6.07, 6.45) is 0. The molecule has 114 valence electrons. The third kappa shape index (κ3) is 3.22. The van der Waals surface area contributed by atoms with Crippen molar-refractivity contribution in [1.82, 2.24) is 0 Å². The van der Waals surface area contributed by atoms with E-state index in [1.54, 1.807) is 6.07 Å². The zero-order chi connectivity index (χ0) is 15.7. The summed E-state index contributed by atoms with van der Waals surface area (Å²) in [6, 6.07) is 3.48. The molecule has 20 heavy (non-hydrogen) atoms. The van der Waals surface area contributed by atoms with Gasteiger partial charge >= 0.3 is 10.1 Å². The van der Waals surface area contributed by atoms with E-state index in [1.807, 2.05) is 19.9 Å². The second kappa shape index (κ2) is 6.24. The molecule has 0 bridgehead atoms. The number of hydrogen-bond acceptors (Lipinski definition) is 4. The van der Waals surface area contributed by atoms with Crippen LogP contribution in [0.3, 0.4) is 0 Å². The van der Waals surface area contributed by atoms with E-state index in [4.69, 9.17) is 5.90 Å². The Morgan fingerprint density at radius 3 is 1.75 bits per heavy atom. The summed E-state index contributed by atoms with van der Waals surface area (Å²) in [4.78, 5) is 0.183. The van der Waals surface area contributed by atoms with Crippen LogP contribution in [0.25, 0.3) is 0 Å². The zero-order valence-electron chi connectivity index (χ0n) is 13.1. The van der Waals surface area contributed by atoms with E-state index in [2.05, 4.69) is 32.0 Å². The van der Waals surface area contributed by atoms with Crippen molar-refractivity contribution in [2.75, 3.05) is 0 Å². The fourth-order valence-corrected chi connectivity index (χ4v) is 3.60. The first-order chi connectivity index (χ1) is 9.13. The standard InChI is InChI=1S/C15H25NO3S/c1-9(2)12-7-8-13(20(17,18)19-16)15(11(5)6)14(12)10(3)4/h7-11H,16H2,1-6H3. The summed E-state index contributed by atoms with van der Waals surface area (Å²) in [5, 5.41) is 0. The van der Waals surface area contributed by atoms with Gasteiger partial charge < -0.3 is 0 Å². The van der Waals surface area contributed by atoms with E-state index >= 15 is 0 Å². The van der Waals surface area contributed by atoms with Crippen LogP contribution in [0.1, 0.15) is 76.0 Å². The van der Waals surface area contributed by atoms with Gasteiger partial charge in [-0.15, -0.1) is 0 Å². The first-order valence-corrected chi connectivity index (χ1v) is 8.34. The summed E-state index contributed by atoms with van der Waals surface area (Å²) in [5.41, 5.74) is 3.09. The minimum atomic E-state index is -3.89. The fraction of sp³-hybridized carbons (Fsp3) is 0.600. The largest absolute Gasteiger partial charge is 0.312 e. The van der Waals surface area contributed by atoms with Crippen LogP contribution in [0.5, 0.6) is 0 Å². The Kier molecular flexibility index (Phi) is 5.35. The third-order valence-electron chi connectivity index (χ3n) is 3.45. The fourth-order valence-electron chi connectivity index (χ4n) is 2.65. The molecule has 1 aromatic carbocycles. The van der Waals surface area contributed by atoms with Crippen LogP contribution < -0.4 is 5.90 Å². The predicted molar refractivity (Wildman–Crippen MR) is 81.2 cm³/mol. The van der Waals surface area contributed by atoms with E-state index < -0.39 is 10.1 Å². The first kappa shape index (κ1) is 17.1. The van der Waals surface area contributed by atoms with Gasteiger partial charge in [0, 0.05) is 0 Å². The van der Waals surface area contributed by atoms with E-state index in [9.17, 15) is 8.42 Å². The lowest BCUT2D eigenvalue weighted by molar-refractivity contribution is 0.332. The Labute approximate surface area is 122 Å². The lowest BCUT2D eigenvalue weighted by Gasteiger charge is -2.24. The lowest BCUT2D eigenvalue weighted by Crippen LogP contribution is -2.17. The molecule has 5 heteroatoms. The van der Waals surface area contributed by atoms with Crippen LogP contribution in [-0.4, -0.2) is 8.42 Å². The highest BCUT2D eigenvalue weighted by Crippen LogP contribution is 2.37. The SMILES string of the molecule is CC(C)c1ccc(S(=O)(=O)ON)c(C(C)C)c1C(C)C. The molecule has 2 N–H and O–H groups in total. The maximum absolute atomic E-state index is 12.0. The van der Waals surface area contributed by atoms with Gasteiger partial charge in [0.05, 0.1) is 4.90 Å². The van der Waals surface area contributed by atoms with Crippen molar-refractivity contribution in [2.45, 2.75) is 64.2 Å². The van der Waals surface area contributed by atoms with Crippen molar-refractivity contribution in [3.63, 3.8) is 0 Å². The quantitative estimate of drug-likeness (QED) is 0.843. The molecule has 1 aromatic rings. The Bertz CT molecular complexity index is 575. The van der Waals surface area contributed by atoms with Crippen LogP contribution in [0.4, 0.5) is 0 Å². The molecular formula is C15H25NO3S. The maximum atomic E-state index is 12.0. The second-order valence-corrected chi connectivity index (χ2v) is 7.54.